The van der Waals surface area contributed by atoms with Gasteiger partial charge >= 0.3 is 0 Å². The summed E-state index contributed by atoms with van der Waals surface area (Å²) in [6.45, 7) is 0. The van der Waals surface area contributed by atoms with E-state index in [1.165, 1.54) is 10.8 Å². The lowest BCUT2D eigenvalue weighted by atomic mass is 10.0. The number of benzene rings is 3. The lowest BCUT2D eigenvalue weighted by molar-refractivity contribution is 0.0875. The molecular formula is C20H15NO. The second-order valence-electron chi connectivity index (χ2n) is 5.51. The molecule has 0 aromatic heterocycles. The van der Waals surface area contributed by atoms with E-state index in [9.17, 15) is 4.79 Å². The molecule has 0 saturated carbocycles. The van der Waals surface area contributed by atoms with Crippen LogP contribution < -0.4 is 0 Å². The zero-order valence-corrected chi connectivity index (χ0v) is 12.3. The molecule has 22 heavy (non-hydrogen) atoms. The average Bonchev–Trinajstić information content (AvgIpc) is 2.81. The topological polar surface area (TPSA) is 20.3 Å². The lowest BCUT2D eigenvalue weighted by Gasteiger charge is -2.12. The molecule has 0 unspecified atom stereocenters. The quantitative estimate of drug-likeness (QED) is 0.648. The Morgan fingerprint density at radius 2 is 1.50 bits per heavy atom. The lowest BCUT2D eigenvalue weighted by Crippen LogP contribution is -2.16. The predicted molar refractivity (Wildman–Crippen MR) is 90.4 cm³/mol. The van der Waals surface area contributed by atoms with Gasteiger partial charge in [0.05, 0.1) is 5.70 Å². The van der Waals surface area contributed by atoms with Crippen molar-refractivity contribution in [3.63, 3.8) is 0 Å². The second-order valence-corrected chi connectivity index (χ2v) is 5.51. The first kappa shape index (κ1) is 12.8. The van der Waals surface area contributed by atoms with Crippen LogP contribution in [0, 0.1) is 0 Å². The molecule has 0 aliphatic carbocycles. The monoisotopic (exact) mass is 285 g/mol. The Morgan fingerprint density at radius 3 is 2.36 bits per heavy atom. The molecule has 0 radical (unpaired) electrons. The van der Waals surface area contributed by atoms with Crippen LogP contribution in [0.2, 0.25) is 0 Å². The van der Waals surface area contributed by atoms with Crippen LogP contribution in [0.1, 0.15) is 21.5 Å². The molecule has 1 amide bonds. The van der Waals surface area contributed by atoms with Crippen molar-refractivity contribution >= 4 is 28.5 Å². The summed E-state index contributed by atoms with van der Waals surface area (Å²) < 4.78 is 0. The minimum absolute atomic E-state index is 0.0575. The maximum atomic E-state index is 12.3. The first-order valence-electron chi connectivity index (χ1n) is 7.32. The molecule has 0 saturated heterocycles. The van der Waals surface area contributed by atoms with Crippen molar-refractivity contribution in [2.24, 2.45) is 0 Å². The second kappa shape index (κ2) is 4.85. The van der Waals surface area contributed by atoms with Gasteiger partial charge in [0.25, 0.3) is 5.91 Å². The molecule has 0 fully saturated rings. The third-order valence-electron chi connectivity index (χ3n) is 4.21. The Hall–Kier alpha value is -2.87. The predicted octanol–water partition coefficient (Wildman–Crippen LogP) is 4.42. The first-order chi connectivity index (χ1) is 10.8. The normalized spacial score (nSPS) is 15.6. The van der Waals surface area contributed by atoms with Crippen molar-refractivity contribution in [3.8, 4) is 0 Å². The smallest absolute Gasteiger partial charge is 0.258 e. The van der Waals surface area contributed by atoms with E-state index in [2.05, 4.69) is 36.4 Å². The molecule has 1 heterocycles. The maximum absolute atomic E-state index is 12.3. The van der Waals surface area contributed by atoms with Crippen LogP contribution in [-0.2, 0) is 0 Å². The molecule has 4 rings (SSSR count). The van der Waals surface area contributed by atoms with E-state index >= 15 is 0 Å². The van der Waals surface area contributed by atoms with E-state index in [1.807, 2.05) is 43.4 Å². The summed E-state index contributed by atoms with van der Waals surface area (Å²) in [5, 5.41) is 2.40. The van der Waals surface area contributed by atoms with E-state index in [0.29, 0.717) is 0 Å². The summed E-state index contributed by atoms with van der Waals surface area (Å²) in [7, 11) is 1.83. The van der Waals surface area contributed by atoms with Crippen LogP contribution in [0.3, 0.4) is 0 Å². The Morgan fingerprint density at radius 1 is 0.818 bits per heavy atom. The van der Waals surface area contributed by atoms with E-state index in [1.54, 1.807) is 4.90 Å². The van der Waals surface area contributed by atoms with Crippen molar-refractivity contribution in [1.82, 2.24) is 4.90 Å². The fourth-order valence-corrected chi connectivity index (χ4v) is 3.06. The van der Waals surface area contributed by atoms with Crippen LogP contribution >= 0.6 is 0 Å². The average molecular weight is 285 g/mol. The van der Waals surface area contributed by atoms with Gasteiger partial charge in [0.1, 0.15) is 0 Å². The number of rotatable bonds is 1. The Bertz CT molecular complexity index is 918. The minimum atomic E-state index is 0.0575. The SMILES string of the molecule is CN1C(=O)c2ccccc2/C1=C\c1cccc2ccccc12. The van der Waals surface area contributed by atoms with E-state index < -0.39 is 0 Å². The van der Waals surface area contributed by atoms with Gasteiger partial charge in [0.15, 0.2) is 0 Å². The van der Waals surface area contributed by atoms with Gasteiger partial charge in [-0.1, -0.05) is 60.7 Å². The van der Waals surface area contributed by atoms with Crippen LogP contribution in [0.4, 0.5) is 0 Å². The van der Waals surface area contributed by atoms with E-state index in [4.69, 9.17) is 0 Å². The van der Waals surface area contributed by atoms with Crippen LogP contribution in [-0.4, -0.2) is 17.9 Å². The standard InChI is InChI=1S/C20H15NO/c1-21-19(17-11-4-5-12-18(17)20(21)22)13-15-9-6-8-14-7-2-3-10-16(14)15/h2-13H,1H3/b19-13+. The van der Waals surface area contributed by atoms with Crippen LogP contribution in [0.15, 0.2) is 66.7 Å². The number of fused-ring (bicyclic) bond motifs is 2. The Labute approximate surface area is 129 Å². The molecule has 0 bridgehead atoms. The highest BCUT2D eigenvalue weighted by atomic mass is 16.2. The van der Waals surface area contributed by atoms with E-state index in [-0.39, 0.29) is 5.91 Å². The van der Waals surface area contributed by atoms with Crippen LogP contribution in [0.25, 0.3) is 22.5 Å². The summed E-state index contributed by atoms with van der Waals surface area (Å²) in [5.74, 6) is 0.0575. The van der Waals surface area contributed by atoms with Gasteiger partial charge in [-0.25, -0.2) is 0 Å². The molecule has 0 spiro atoms. The van der Waals surface area contributed by atoms with Crippen molar-refractivity contribution in [1.29, 1.82) is 0 Å². The van der Waals surface area contributed by atoms with Crippen molar-refractivity contribution < 1.29 is 4.79 Å². The molecule has 1 aliphatic rings. The molecule has 1 aliphatic heterocycles. The number of carbonyl (C=O) groups is 1. The number of hydrogen-bond donors (Lipinski definition) is 0. The molecule has 3 aromatic rings. The minimum Gasteiger partial charge on any atom is -0.311 e. The van der Waals surface area contributed by atoms with Crippen molar-refractivity contribution in [3.05, 3.63) is 83.4 Å². The molecular weight excluding hydrogens is 270 g/mol. The highest BCUT2D eigenvalue weighted by molar-refractivity contribution is 6.12. The number of nitrogens with zero attached hydrogens (tertiary/aromatic N) is 1. The highest BCUT2D eigenvalue weighted by Gasteiger charge is 2.28. The third-order valence-corrected chi connectivity index (χ3v) is 4.21. The van der Waals surface area contributed by atoms with Gasteiger partial charge in [-0.15, -0.1) is 0 Å². The number of hydrogen-bond acceptors (Lipinski definition) is 1. The number of amides is 1. The summed E-state index contributed by atoms with van der Waals surface area (Å²) in [5.41, 5.74) is 3.86. The summed E-state index contributed by atoms with van der Waals surface area (Å²) in [6, 6.07) is 22.3. The molecule has 106 valence electrons. The van der Waals surface area contributed by atoms with Gasteiger partial charge in [-0.05, 0) is 28.5 Å². The largest absolute Gasteiger partial charge is 0.311 e. The maximum Gasteiger partial charge on any atom is 0.258 e. The first-order valence-corrected chi connectivity index (χ1v) is 7.32. The fraction of sp³-hybridized carbons (Fsp3) is 0.0500. The van der Waals surface area contributed by atoms with Gasteiger partial charge in [-0.3, -0.25) is 4.79 Å². The third kappa shape index (κ3) is 1.85. The number of carbonyl (C=O) groups excluding carboxylic acids is 1. The Kier molecular flexibility index (Phi) is 2.83. The van der Waals surface area contributed by atoms with Crippen molar-refractivity contribution in [2.45, 2.75) is 0 Å². The molecule has 3 aromatic carbocycles. The molecule has 0 atom stereocenters. The molecule has 2 nitrogen and oxygen atoms in total. The van der Waals surface area contributed by atoms with Crippen molar-refractivity contribution in [2.75, 3.05) is 7.05 Å². The van der Waals surface area contributed by atoms with Gasteiger partial charge < -0.3 is 4.90 Å². The van der Waals surface area contributed by atoms with Gasteiger partial charge in [-0.2, -0.15) is 0 Å². The van der Waals surface area contributed by atoms with E-state index in [0.717, 1.165) is 22.4 Å². The fourth-order valence-electron chi connectivity index (χ4n) is 3.06. The van der Waals surface area contributed by atoms with Crippen LogP contribution in [0.5, 0.6) is 0 Å². The zero-order chi connectivity index (χ0) is 15.1. The summed E-state index contributed by atoms with van der Waals surface area (Å²) in [6.07, 6.45) is 2.10. The van der Waals surface area contributed by atoms with Gasteiger partial charge in [0, 0.05) is 18.2 Å². The van der Waals surface area contributed by atoms with Gasteiger partial charge in [0.2, 0.25) is 0 Å². The summed E-state index contributed by atoms with van der Waals surface area (Å²) >= 11 is 0. The Balaban J connectivity index is 1.94. The summed E-state index contributed by atoms with van der Waals surface area (Å²) in [4.78, 5) is 14.1. The zero-order valence-electron chi connectivity index (χ0n) is 12.3. The highest BCUT2D eigenvalue weighted by Crippen LogP contribution is 2.33. The molecule has 0 N–H and O–H groups in total. The molecule has 2 heteroatoms.